The molecule has 2 nitrogen and oxygen atoms in total. The standard InChI is InChI=1S/C10H13BrFNOS/c1-3-15(14,4-2)13-8-5-6-9(11)10(12)7-8/h5-7H,3-4H2,1-2H3. The van der Waals surface area contributed by atoms with Gasteiger partial charge < -0.3 is 0 Å². The van der Waals surface area contributed by atoms with Crippen molar-refractivity contribution in [3.63, 3.8) is 0 Å². The lowest BCUT2D eigenvalue weighted by Crippen LogP contribution is -2.04. The monoisotopic (exact) mass is 293 g/mol. The SMILES string of the molecule is CCS(=O)(CC)=Nc1ccc(Br)c(F)c1. The zero-order valence-corrected chi connectivity index (χ0v) is 11.1. The summed E-state index contributed by atoms with van der Waals surface area (Å²) >= 11 is 3.06. The van der Waals surface area contributed by atoms with Crippen molar-refractivity contribution in [1.29, 1.82) is 0 Å². The molecule has 1 aromatic rings. The first-order valence-electron chi connectivity index (χ1n) is 4.68. The normalized spacial score (nSPS) is 11.5. The van der Waals surface area contributed by atoms with E-state index in [0.717, 1.165) is 0 Å². The largest absolute Gasteiger partial charge is 0.249 e. The van der Waals surface area contributed by atoms with Crippen LogP contribution in [0.2, 0.25) is 0 Å². The van der Waals surface area contributed by atoms with E-state index < -0.39 is 9.73 Å². The van der Waals surface area contributed by atoms with E-state index in [4.69, 9.17) is 0 Å². The van der Waals surface area contributed by atoms with Gasteiger partial charge in [0.15, 0.2) is 0 Å². The first-order valence-corrected chi connectivity index (χ1v) is 7.33. The maximum absolute atomic E-state index is 13.2. The summed E-state index contributed by atoms with van der Waals surface area (Å²) in [5.74, 6) is 0.591. The maximum Gasteiger partial charge on any atom is 0.139 e. The highest BCUT2D eigenvalue weighted by atomic mass is 79.9. The predicted molar refractivity (Wildman–Crippen MR) is 65.4 cm³/mol. The molecule has 0 radical (unpaired) electrons. The van der Waals surface area contributed by atoms with Gasteiger partial charge >= 0.3 is 0 Å². The minimum atomic E-state index is -2.20. The number of benzene rings is 1. The smallest absolute Gasteiger partial charge is 0.139 e. The first kappa shape index (κ1) is 12.6. The van der Waals surface area contributed by atoms with Gasteiger partial charge in [-0.25, -0.2) is 8.60 Å². The van der Waals surface area contributed by atoms with Gasteiger partial charge in [-0.05, 0) is 28.1 Å². The highest BCUT2D eigenvalue weighted by Crippen LogP contribution is 2.22. The average molecular weight is 294 g/mol. The molecular weight excluding hydrogens is 281 g/mol. The Kier molecular flexibility index (Phi) is 4.28. The third-order valence-electron chi connectivity index (χ3n) is 2.08. The van der Waals surface area contributed by atoms with Crippen molar-refractivity contribution in [2.75, 3.05) is 11.5 Å². The Morgan fingerprint density at radius 2 is 2.00 bits per heavy atom. The van der Waals surface area contributed by atoms with Gasteiger partial charge in [0.05, 0.1) is 19.9 Å². The van der Waals surface area contributed by atoms with Gasteiger partial charge in [-0.3, -0.25) is 0 Å². The van der Waals surface area contributed by atoms with Crippen molar-refractivity contribution < 1.29 is 8.60 Å². The topological polar surface area (TPSA) is 29.4 Å². The molecule has 0 aliphatic rings. The Hall–Kier alpha value is -0.420. The zero-order valence-electron chi connectivity index (χ0n) is 8.67. The molecule has 84 valence electrons. The van der Waals surface area contributed by atoms with Gasteiger partial charge in [0.1, 0.15) is 5.82 Å². The van der Waals surface area contributed by atoms with Crippen LogP contribution >= 0.6 is 15.9 Å². The molecule has 5 heteroatoms. The molecule has 0 atom stereocenters. The van der Waals surface area contributed by atoms with Gasteiger partial charge in [-0.15, -0.1) is 0 Å². The van der Waals surface area contributed by atoms with Crippen LogP contribution in [0.15, 0.2) is 27.0 Å². The van der Waals surface area contributed by atoms with Crippen LogP contribution in [0.4, 0.5) is 10.1 Å². The van der Waals surface area contributed by atoms with Crippen LogP contribution in [0.25, 0.3) is 0 Å². The van der Waals surface area contributed by atoms with E-state index in [2.05, 4.69) is 20.3 Å². The van der Waals surface area contributed by atoms with E-state index in [-0.39, 0.29) is 5.82 Å². The maximum atomic E-state index is 13.2. The second-order valence-electron chi connectivity index (χ2n) is 3.04. The quantitative estimate of drug-likeness (QED) is 0.835. The Balaban J connectivity index is 3.19. The molecular formula is C10H13BrFNOS. The molecule has 0 aromatic heterocycles. The fourth-order valence-electron chi connectivity index (χ4n) is 1.07. The Morgan fingerprint density at radius 1 is 1.40 bits per heavy atom. The predicted octanol–water partition coefficient (Wildman–Crippen LogP) is 3.73. The van der Waals surface area contributed by atoms with Crippen LogP contribution in [0.5, 0.6) is 0 Å². The van der Waals surface area contributed by atoms with Crippen LogP contribution in [0.3, 0.4) is 0 Å². The molecule has 0 fully saturated rings. The molecule has 1 rings (SSSR count). The number of halogens is 2. The Bertz CT molecular complexity index is 456. The number of rotatable bonds is 3. The van der Waals surface area contributed by atoms with E-state index >= 15 is 0 Å². The van der Waals surface area contributed by atoms with E-state index in [0.29, 0.717) is 21.7 Å². The molecule has 0 aliphatic carbocycles. The van der Waals surface area contributed by atoms with Crippen molar-refractivity contribution in [1.82, 2.24) is 0 Å². The minimum absolute atomic E-state index is 0.384. The lowest BCUT2D eigenvalue weighted by molar-refractivity contribution is 0.621. The van der Waals surface area contributed by atoms with Crippen LogP contribution < -0.4 is 0 Å². The summed E-state index contributed by atoms with van der Waals surface area (Å²) in [6.07, 6.45) is 0. The molecule has 0 saturated heterocycles. The molecule has 0 spiro atoms. The molecule has 1 aromatic carbocycles. The lowest BCUT2D eigenvalue weighted by Gasteiger charge is -2.04. The fraction of sp³-hybridized carbons (Fsp3) is 0.400. The van der Waals surface area contributed by atoms with Gasteiger partial charge in [0.2, 0.25) is 0 Å². The summed E-state index contributed by atoms with van der Waals surface area (Å²) < 4.78 is 29.6. The van der Waals surface area contributed by atoms with E-state index in [9.17, 15) is 8.60 Å². The Labute approximate surface area is 98.2 Å². The summed E-state index contributed by atoms with van der Waals surface area (Å²) in [6, 6.07) is 4.51. The molecule has 0 unspecified atom stereocenters. The molecule has 0 heterocycles. The Morgan fingerprint density at radius 3 is 2.47 bits per heavy atom. The summed E-state index contributed by atoms with van der Waals surface area (Å²) in [5, 5.41) is 0. The van der Waals surface area contributed by atoms with Crippen molar-refractivity contribution in [2.24, 2.45) is 4.36 Å². The first-order chi connectivity index (χ1) is 7.00. The van der Waals surface area contributed by atoms with E-state index in [1.165, 1.54) is 6.07 Å². The van der Waals surface area contributed by atoms with Gasteiger partial charge in [0, 0.05) is 17.6 Å². The summed E-state index contributed by atoms with van der Waals surface area (Å²) in [7, 11) is -2.20. The number of hydrogen-bond acceptors (Lipinski definition) is 2. The van der Waals surface area contributed by atoms with Crippen molar-refractivity contribution in [2.45, 2.75) is 13.8 Å². The molecule has 0 bridgehead atoms. The third-order valence-corrected chi connectivity index (χ3v) is 5.07. The van der Waals surface area contributed by atoms with E-state index in [1.807, 2.05) is 13.8 Å². The summed E-state index contributed by atoms with van der Waals surface area (Å²) in [4.78, 5) is 0. The van der Waals surface area contributed by atoms with E-state index in [1.54, 1.807) is 12.1 Å². The van der Waals surface area contributed by atoms with Crippen LogP contribution in [-0.4, -0.2) is 15.7 Å². The molecule has 0 amide bonds. The van der Waals surface area contributed by atoms with Gasteiger partial charge in [0.25, 0.3) is 0 Å². The van der Waals surface area contributed by atoms with Gasteiger partial charge in [-0.1, -0.05) is 13.8 Å². The summed E-state index contributed by atoms with van der Waals surface area (Å²) in [6.45, 7) is 3.65. The number of hydrogen-bond donors (Lipinski definition) is 0. The molecule has 0 saturated carbocycles. The van der Waals surface area contributed by atoms with Crippen molar-refractivity contribution in [3.8, 4) is 0 Å². The molecule has 0 N–H and O–H groups in total. The van der Waals surface area contributed by atoms with Gasteiger partial charge in [-0.2, -0.15) is 4.36 Å². The van der Waals surface area contributed by atoms with Crippen LogP contribution in [-0.2, 0) is 9.73 Å². The summed E-state index contributed by atoms with van der Waals surface area (Å²) in [5.41, 5.74) is 0.435. The second kappa shape index (κ2) is 5.07. The second-order valence-corrected chi connectivity index (χ2v) is 6.78. The average Bonchev–Trinajstić information content (AvgIpc) is 2.23. The van der Waals surface area contributed by atoms with Crippen LogP contribution in [0.1, 0.15) is 13.8 Å². The van der Waals surface area contributed by atoms with Crippen molar-refractivity contribution >= 4 is 31.3 Å². The highest BCUT2D eigenvalue weighted by molar-refractivity contribution is 9.10. The van der Waals surface area contributed by atoms with Crippen molar-refractivity contribution in [3.05, 3.63) is 28.5 Å². The number of nitrogens with zero attached hydrogens (tertiary/aromatic N) is 1. The minimum Gasteiger partial charge on any atom is -0.249 e. The zero-order chi connectivity index (χ0) is 11.5. The van der Waals surface area contributed by atoms with Crippen LogP contribution in [0, 0.1) is 5.82 Å². The fourth-order valence-corrected chi connectivity index (χ4v) is 2.48. The third kappa shape index (κ3) is 3.28. The lowest BCUT2D eigenvalue weighted by atomic mass is 10.3. The molecule has 0 aliphatic heterocycles. The highest BCUT2D eigenvalue weighted by Gasteiger charge is 2.05. The molecule has 15 heavy (non-hydrogen) atoms.